The highest BCUT2D eigenvalue weighted by atomic mass is 16.5. The standard InChI is InChI=1S/C11H10N2O3/c1-7-4-3-5-8(12-7)10-6-9(13-16-10)11(14)15-2/h3-6H,1-2H3. The summed E-state index contributed by atoms with van der Waals surface area (Å²) in [5, 5.41) is 3.60. The number of aryl methyl sites for hydroxylation is 1. The lowest BCUT2D eigenvalue weighted by molar-refractivity contribution is 0.0589. The van der Waals surface area contributed by atoms with Gasteiger partial charge in [0.05, 0.1) is 7.11 Å². The molecule has 0 spiro atoms. The van der Waals surface area contributed by atoms with Crippen LogP contribution < -0.4 is 0 Å². The summed E-state index contributed by atoms with van der Waals surface area (Å²) in [4.78, 5) is 15.4. The zero-order chi connectivity index (χ0) is 11.5. The Morgan fingerprint density at radius 1 is 1.44 bits per heavy atom. The number of aromatic nitrogens is 2. The lowest BCUT2D eigenvalue weighted by atomic mass is 10.2. The summed E-state index contributed by atoms with van der Waals surface area (Å²) in [6.07, 6.45) is 0. The summed E-state index contributed by atoms with van der Waals surface area (Å²) in [6.45, 7) is 1.88. The molecule has 2 rings (SSSR count). The molecular formula is C11H10N2O3. The molecule has 16 heavy (non-hydrogen) atoms. The molecule has 82 valence electrons. The van der Waals surface area contributed by atoms with Crippen molar-refractivity contribution in [3.05, 3.63) is 35.7 Å². The van der Waals surface area contributed by atoms with Crippen molar-refractivity contribution in [1.29, 1.82) is 0 Å². The summed E-state index contributed by atoms with van der Waals surface area (Å²) in [6, 6.07) is 7.03. The number of nitrogens with zero attached hydrogens (tertiary/aromatic N) is 2. The van der Waals surface area contributed by atoms with Crippen LogP contribution in [0.15, 0.2) is 28.8 Å². The van der Waals surface area contributed by atoms with E-state index in [-0.39, 0.29) is 5.69 Å². The van der Waals surface area contributed by atoms with Gasteiger partial charge in [0, 0.05) is 11.8 Å². The van der Waals surface area contributed by atoms with Crippen molar-refractivity contribution < 1.29 is 14.1 Å². The van der Waals surface area contributed by atoms with Crippen molar-refractivity contribution in [3.8, 4) is 11.5 Å². The molecule has 0 aliphatic carbocycles. The van der Waals surface area contributed by atoms with Crippen LogP contribution >= 0.6 is 0 Å². The SMILES string of the molecule is COC(=O)c1cc(-c2cccc(C)n2)on1. The number of hydrogen-bond acceptors (Lipinski definition) is 5. The molecule has 0 aromatic carbocycles. The van der Waals surface area contributed by atoms with Crippen LogP contribution in [0.25, 0.3) is 11.5 Å². The smallest absolute Gasteiger partial charge is 0.360 e. The quantitative estimate of drug-likeness (QED) is 0.719. The molecule has 0 unspecified atom stereocenters. The van der Waals surface area contributed by atoms with E-state index in [4.69, 9.17) is 4.52 Å². The average Bonchev–Trinajstić information content (AvgIpc) is 2.77. The Morgan fingerprint density at radius 2 is 2.25 bits per heavy atom. The molecule has 2 aromatic rings. The maximum Gasteiger partial charge on any atom is 0.360 e. The van der Waals surface area contributed by atoms with Crippen molar-refractivity contribution in [2.75, 3.05) is 7.11 Å². The van der Waals surface area contributed by atoms with Crippen LogP contribution in [0.4, 0.5) is 0 Å². The average molecular weight is 218 g/mol. The van der Waals surface area contributed by atoms with Crippen molar-refractivity contribution in [1.82, 2.24) is 10.1 Å². The van der Waals surface area contributed by atoms with Gasteiger partial charge in [0.15, 0.2) is 11.5 Å². The third-order valence-corrected chi connectivity index (χ3v) is 2.05. The predicted molar refractivity (Wildman–Crippen MR) is 55.8 cm³/mol. The van der Waals surface area contributed by atoms with Crippen molar-refractivity contribution in [2.24, 2.45) is 0 Å². The van der Waals surface area contributed by atoms with E-state index in [2.05, 4.69) is 14.9 Å². The molecule has 0 aliphatic rings. The summed E-state index contributed by atoms with van der Waals surface area (Å²) in [5.74, 6) is -0.0771. The number of carbonyl (C=O) groups is 1. The molecule has 0 radical (unpaired) electrons. The summed E-state index contributed by atoms with van der Waals surface area (Å²) in [7, 11) is 1.29. The van der Waals surface area contributed by atoms with E-state index in [0.717, 1.165) is 5.69 Å². The van der Waals surface area contributed by atoms with Gasteiger partial charge in [-0.2, -0.15) is 0 Å². The van der Waals surface area contributed by atoms with Crippen LogP contribution in [-0.4, -0.2) is 23.2 Å². The first-order valence-corrected chi connectivity index (χ1v) is 4.70. The molecule has 0 atom stereocenters. The molecule has 2 heterocycles. The Balaban J connectivity index is 2.35. The maximum atomic E-state index is 11.2. The Hall–Kier alpha value is -2.17. The molecule has 0 fully saturated rings. The zero-order valence-electron chi connectivity index (χ0n) is 8.93. The number of ether oxygens (including phenoxy) is 1. The largest absolute Gasteiger partial charge is 0.464 e. The van der Waals surface area contributed by atoms with E-state index >= 15 is 0 Å². The Morgan fingerprint density at radius 3 is 2.94 bits per heavy atom. The fraction of sp³-hybridized carbons (Fsp3) is 0.182. The highest BCUT2D eigenvalue weighted by Gasteiger charge is 2.14. The summed E-state index contributed by atoms with van der Waals surface area (Å²) < 4.78 is 9.54. The van der Waals surface area contributed by atoms with Crippen LogP contribution in [0.1, 0.15) is 16.2 Å². The molecule has 0 bridgehead atoms. The van der Waals surface area contributed by atoms with Crippen LogP contribution in [0.2, 0.25) is 0 Å². The van der Waals surface area contributed by atoms with Crippen molar-refractivity contribution in [3.63, 3.8) is 0 Å². The third-order valence-electron chi connectivity index (χ3n) is 2.05. The van der Waals surface area contributed by atoms with Crippen LogP contribution in [0, 0.1) is 6.92 Å². The Bertz CT molecular complexity index is 519. The van der Waals surface area contributed by atoms with E-state index in [1.807, 2.05) is 19.1 Å². The second-order valence-electron chi connectivity index (χ2n) is 3.23. The van der Waals surface area contributed by atoms with E-state index < -0.39 is 5.97 Å². The van der Waals surface area contributed by atoms with E-state index in [1.165, 1.54) is 13.2 Å². The molecule has 0 aliphatic heterocycles. The van der Waals surface area contributed by atoms with E-state index in [9.17, 15) is 4.79 Å². The minimum Gasteiger partial charge on any atom is -0.464 e. The van der Waals surface area contributed by atoms with E-state index in [0.29, 0.717) is 11.5 Å². The van der Waals surface area contributed by atoms with Gasteiger partial charge in [-0.15, -0.1) is 0 Å². The van der Waals surface area contributed by atoms with Crippen molar-refractivity contribution in [2.45, 2.75) is 6.92 Å². The first-order chi connectivity index (χ1) is 7.70. The number of rotatable bonds is 2. The molecular weight excluding hydrogens is 208 g/mol. The topological polar surface area (TPSA) is 65.2 Å². The fourth-order valence-electron chi connectivity index (χ4n) is 1.28. The van der Waals surface area contributed by atoms with Crippen LogP contribution in [-0.2, 0) is 4.74 Å². The van der Waals surface area contributed by atoms with Gasteiger partial charge in [0.2, 0.25) is 0 Å². The van der Waals surface area contributed by atoms with Gasteiger partial charge in [-0.1, -0.05) is 11.2 Å². The Kier molecular flexibility index (Phi) is 2.68. The van der Waals surface area contributed by atoms with E-state index in [1.54, 1.807) is 6.07 Å². The monoisotopic (exact) mass is 218 g/mol. The second-order valence-corrected chi connectivity index (χ2v) is 3.23. The highest BCUT2D eigenvalue weighted by Crippen LogP contribution is 2.18. The fourth-order valence-corrected chi connectivity index (χ4v) is 1.28. The lowest BCUT2D eigenvalue weighted by Crippen LogP contribution is -2.00. The van der Waals surface area contributed by atoms with Gasteiger partial charge in [0.1, 0.15) is 5.69 Å². The minimum atomic E-state index is -0.525. The lowest BCUT2D eigenvalue weighted by Gasteiger charge is -1.95. The van der Waals surface area contributed by atoms with Gasteiger partial charge in [-0.05, 0) is 19.1 Å². The zero-order valence-corrected chi connectivity index (χ0v) is 8.93. The molecule has 0 amide bonds. The summed E-state index contributed by atoms with van der Waals surface area (Å²) >= 11 is 0. The van der Waals surface area contributed by atoms with Gasteiger partial charge in [0.25, 0.3) is 0 Å². The molecule has 0 N–H and O–H groups in total. The Labute approximate surface area is 92.0 Å². The molecule has 0 saturated carbocycles. The van der Waals surface area contributed by atoms with Gasteiger partial charge >= 0.3 is 5.97 Å². The molecule has 0 saturated heterocycles. The number of hydrogen-bond donors (Lipinski definition) is 0. The predicted octanol–water partition coefficient (Wildman–Crippen LogP) is 1.83. The molecule has 5 nitrogen and oxygen atoms in total. The normalized spacial score (nSPS) is 10.1. The summed E-state index contributed by atoms with van der Waals surface area (Å²) in [5.41, 5.74) is 1.65. The first kappa shape index (κ1) is 10.4. The second kappa shape index (κ2) is 4.14. The van der Waals surface area contributed by atoms with Crippen molar-refractivity contribution >= 4 is 5.97 Å². The van der Waals surface area contributed by atoms with Gasteiger partial charge < -0.3 is 9.26 Å². The number of carbonyl (C=O) groups excluding carboxylic acids is 1. The van der Waals surface area contributed by atoms with Gasteiger partial charge in [-0.25, -0.2) is 9.78 Å². The number of esters is 1. The molecule has 2 aromatic heterocycles. The van der Waals surface area contributed by atoms with Crippen LogP contribution in [0.3, 0.4) is 0 Å². The maximum absolute atomic E-state index is 11.2. The number of pyridine rings is 1. The minimum absolute atomic E-state index is 0.140. The highest BCUT2D eigenvalue weighted by molar-refractivity contribution is 5.87. The third kappa shape index (κ3) is 1.93. The van der Waals surface area contributed by atoms with Crippen LogP contribution in [0.5, 0.6) is 0 Å². The van der Waals surface area contributed by atoms with Gasteiger partial charge in [-0.3, -0.25) is 0 Å². The first-order valence-electron chi connectivity index (χ1n) is 4.70. The molecule has 5 heteroatoms. The number of methoxy groups -OCH3 is 1.